The van der Waals surface area contributed by atoms with E-state index in [1.165, 1.54) is 64.2 Å². The van der Waals surface area contributed by atoms with Crippen LogP contribution in [-0.4, -0.2) is 37.2 Å². The van der Waals surface area contributed by atoms with Crippen LogP contribution in [0.3, 0.4) is 0 Å². The summed E-state index contributed by atoms with van der Waals surface area (Å²) in [5.41, 5.74) is 0. The van der Waals surface area contributed by atoms with Gasteiger partial charge in [-0.2, -0.15) is 0 Å². The van der Waals surface area contributed by atoms with Crippen LogP contribution < -0.4 is 0 Å². The first-order valence-electron chi connectivity index (χ1n) is 33.0. The molecule has 0 saturated carbocycles. The minimum atomic E-state index is -0.809. The minimum Gasteiger partial charge on any atom is -0.462 e. The van der Waals surface area contributed by atoms with Gasteiger partial charge in [0.15, 0.2) is 6.10 Å². The minimum absolute atomic E-state index is 0.103. The summed E-state index contributed by atoms with van der Waals surface area (Å²) in [4.78, 5) is 38.4. The molecule has 6 nitrogen and oxygen atoms in total. The van der Waals surface area contributed by atoms with E-state index in [9.17, 15) is 14.4 Å². The SMILES string of the molecule is CC/C=C\C/C=C\C/C=C\C/C=C\C/C=C\CCCCCCCCCC(=O)OCC(COC(=O)CCCCCCCC/C=C\C/C=C\C/C=C\CCCCC)OC(=O)CCCCCCC/C=C\C/C=C\C/C=C\C/C=C\C/C=C\CC. The van der Waals surface area contributed by atoms with Crippen molar-refractivity contribution in [3.8, 4) is 0 Å². The van der Waals surface area contributed by atoms with Crippen molar-refractivity contribution in [2.45, 2.75) is 284 Å². The largest absolute Gasteiger partial charge is 0.462 e. The Labute approximate surface area is 499 Å². The van der Waals surface area contributed by atoms with E-state index in [0.717, 1.165) is 173 Å². The van der Waals surface area contributed by atoms with Gasteiger partial charge in [-0.25, -0.2) is 0 Å². The van der Waals surface area contributed by atoms with Crippen LogP contribution >= 0.6 is 0 Å². The summed E-state index contributed by atoms with van der Waals surface area (Å²) >= 11 is 0. The molecule has 0 aromatic heterocycles. The van der Waals surface area contributed by atoms with Crippen molar-refractivity contribution in [2.75, 3.05) is 13.2 Å². The molecular formula is C75H120O6. The normalized spacial score (nSPS) is 13.2. The van der Waals surface area contributed by atoms with Crippen molar-refractivity contribution in [3.05, 3.63) is 158 Å². The van der Waals surface area contributed by atoms with E-state index >= 15 is 0 Å². The second kappa shape index (κ2) is 67.5. The van der Waals surface area contributed by atoms with Gasteiger partial charge in [-0.3, -0.25) is 14.4 Å². The van der Waals surface area contributed by atoms with Crippen LogP contribution in [0.15, 0.2) is 158 Å². The maximum absolute atomic E-state index is 12.9. The smallest absolute Gasteiger partial charge is 0.306 e. The highest BCUT2D eigenvalue weighted by molar-refractivity contribution is 5.71. The highest BCUT2D eigenvalue weighted by atomic mass is 16.6. The van der Waals surface area contributed by atoms with Gasteiger partial charge in [-0.05, 0) is 148 Å². The number of esters is 3. The predicted molar refractivity (Wildman–Crippen MR) is 352 cm³/mol. The predicted octanol–water partition coefficient (Wildman–Crippen LogP) is 22.9. The summed E-state index contributed by atoms with van der Waals surface area (Å²) in [5.74, 6) is -0.944. The molecule has 0 aromatic carbocycles. The third kappa shape index (κ3) is 65.7. The van der Waals surface area contributed by atoms with E-state index in [2.05, 4.69) is 179 Å². The average molecular weight is 1120 g/mol. The molecule has 0 N–H and O–H groups in total. The van der Waals surface area contributed by atoms with E-state index in [1.807, 2.05) is 0 Å². The monoisotopic (exact) mass is 1120 g/mol. The lowest BCUT2D eigenvalue weighted by atomic mass is 10.1. The lowest BCUT2D eigenvalue weighted by Gasteiger charge is -2.18. The number of carbonyl (C=O) groups is 3. The fourth-order valence-corrected chi connectivity index (χ4v) is 8.62. The van der Waals surface area contributed by atoms with E-state index in [4.69, 9.17) is 14.2 Å². The highest BCUT2D eigenvalue weighted by Crippen LogP contribution is 2.14. The Kier molecular flexibility index (Phi) is 63.4. The van der Waals surface area contributed by atoms with E-state index in [1.54, 1.807) is 0 Å². The van der Waals surface area contributed by atoms with Crippen LogP contribution in [0.25, 0.3) is 0 Å². The molecule has 0 aromatic rings. The van der Waals surface area contributed by atoms with Crippen LogP contribution in [0.1, 0.15) is 278 Å². The van der Waals surface area contributed by atoms with Gasteiger partial charge in [0, 0.05) is 19.3 Å². The Morgan fingerprint density at radius 3 is 0.753 bits per heavy atom. The molecule has 0 rings (SSSR count). The van der Waals surface area contributed by atoms with E-state index in [-0.39, 0.29) is 31.1 Å². The molecule has 0 saturated heterocycles. The first-order chi connectivity index (χ1) is 40.0. The molecule has 0 radical (unpaired) electrons. The molecule has 1 atom stereocenters. The molecule has 0 fully saturated rings. The summed E-state index contributed by atoms with van der Waals surface area (Å²) < 4.78 is 16.9. The van der Waals surface area contributed by atoms with Crippen LogP contribution in [0, 0.1) is 0 Å². The molecule has 0 aliphatic carbocycles. The van der Waals surface area contributed by atoms with Crippen molar-refractivity contribution < 1.29 is 28.6 Å². The summed E-state index contributed by atoms with van der Waals surface area (Å²) in [6.07, 6.45) is 98.1. The summed E-state index contributed by atoms with van der Waals surface area (Å²) in [7, 11) is 0. The van der Waals surface area contributed by atoms with Crippen molar-refractivity contribution >= 4 is 17.9 Å². The molecule has 0 spiro atoms. The molecule has 0 amide bonds. The number of unbranched alkanes of at least 4 members (excludes halogenated alkanes) is 21. The fourth-order valence-electron chi connectivity index (χ4n) is 8.62. The Bertz CT molecular complexity index is 1810. The molecule has 81 heavy (non-hydrogen) atoms. The standard InChI is InChI=1S/C75H120O6/c1-4-7-10-13-16-19-22-25-28-31-34-36-37-39-41-44-47-50-53-56-59-62-65-68-74(77)80-71-72(70-79-73(76)67-64-61-58-55-52-49-46-43-40-33-30-27-24-21-18-15-12-9-6-3)81-75(78)69-66-63-60-57-54-51-48-45-42-38-35-32-29-26-23-20-17-14-11-8-5-2/h7-8,10-11,16-21,25-30,34-36,38-41,43,45,48,72H,4-6,9,12-15,22-24,31-33,37,42,44,46-47,49-71H2,1-3H3/b10-7-,11-8-,19-16-,20-17-,21-18-,28-25-,29-26-,30-27-,36-34-,38-35-,41-39-,43-40-,48-45-. The van der Waals surface area contributed by atoms with Gasteiger partial charge >= 0.3 is 17.9 Å². The summed E-state index contributed by atoms with van der Waals surface area (Å²) in [6, 6.07) is 0. The summed E-state index contributed by atoms with van der Waals surface area (Å²) in [5, 5.41) is 0. The van der Waals surface area contributed by atoms with Crippen molar-refractivity contribution in [1.82, 2.24) is 0 Å². The molecule has 1 unspecified atom stereocenters. The zero-order valence-corrected chi connectivity index (χ0v) is 52.2. The maximum atomic E-state index is 12.9. The van der Waals surface area contributed by atoms with Gasteiger partial charge < -0.3 is 14.2 Å². The molecule has 456 valence electrons. The van der Waals surface area contributed by atoms with Crippen LogP contribution in [-0.2, 0) is 28.6 Å². The maximum Gasteiger partial charge on any atom is 0.306 e. The van der Waals surface area contributed by atoms with Crippen molar-refractivity contribution in [2.24, 2.45) is 0 Å². The Morgan fingerprint density at radius 1 is 0.259 bits per heavy atom. The number of hydrogen-bond acceptors (Lipinski definition) is 6. The summed E-state index contributed by atoms with van der Waals surface area (Å²) in [6.45, 7) is 6.35. The number of allylic oxidation sites excluding steroid dienone is 26. The molecule has 0 aliphatic rings. The number of carbonyl (C=O) groups excluding carboxylic acids is 3. The van der Waals surface area contributed by atoms with Crippen LogP contribution in [0.2, 0.25) is 0 Å². The third-order valence-electron chi connectivity index (χ3n) is 13.5. The molecule has 0 bridgehead atoms. The molecular weight excluding hydrogens is 997 g/mol. The topological polar surface area (TPSA) is 78.9 Å². The Balaban J connectivity index is 4.51. The van der Waals surface area contributed by atoms with Gasteiger partial charge in [0.1, 0.15) is 13.2 Å². The van der Waals surface area contributed by atoms with Gasteiger partial charge in [0.05, 0.1) is 0 Å². The highest BCUT2D eigenvalue weighted by Gasteiger charge is 2.19. The Hall–Kier alpha value is -4.97. The first kappa shape index (κ1) is 76.0. The van der Waals surface area contributed by atoms with Gasteiger partial charge in [0.2, 0.25) is 0 Å². The molecule has 6 heteroatoms. The van der Waals surface area contributed by atoms with Crippen LogP contribution in [0.5, 0.6) is 0 Å². The second-order valence-electron chi connectivity index (χ2n) is 21.3. The Morgan fingerprint density at radius 2 is 0.481 bits per heavy atom. The number of ether oxygens (including phenoxy) is 3. The van der Waals surface area contributed by atoms with Crippen molar-refractivity contribution in [3.63, 3.8) is 0 Å². The molecule has 0 heterocycles. The van der Waals surface area contributed by atoms with Gasteiger partial charge in [-0.1, -0.05) is 269 Å². The lowest BCUT2D eigenvalue weighted by Crippen LogP contribution is -2.30. The van der Waals surface area contributed by atoms with Gasteiger partial charge in [0.25, 0.3) is 0 Å². The van der Waals surface area contributed by atoms with E-state index in [0.29, 0.717) is 19.3 Å². The van der Waals surface area contributed by atoms with Crippen molar-refractivity contribution in [1.29, 1.82) is 0 Å². The first-order valence-corrected chi connectivity index (χ1v) is 33.0. The fraction of sp³-hybridized carbons (Fsp3) is 0.613. The zero-order valence-electron chi connectivity index (χ0n) is 52.2. The average Bonchev–Trinajstić information content (AvgIpc) is 3.47. The second-order valence-corrected chi connectivity index (χ2v) is 21.3. The van der Waals surface area contributed by atoms with Crippen LogP contribution in [0.4, 0.5) is 0 Å². The third-order valence-corrected chi connectivity index (χ3v) is 13.5. The lowest BCUT2D eigenvalue weighted by molar-refractivity contribution is -0.167. The number of hydrogen-bond donors (Lipinski definition) is 0. The molecule has 0 aliphatic heterocycles. The quantitative estimate of drug-likeness (QED) is 0.0261. The van der Waals surface area contributed by atoms with E-state index < -0.39 is 6.10 Å². The number of rotatable bonds is 58. The van der Waals surface area contributed by atoms with Gasteiger partial charge in [-0.15, -0.1) is 0 Å². The zero-order chi connectivity index (χ0) is 58.5.